The second-order valence-corrected chi connectivity index (χ2v) is 5.68. The highest BCUT2D eigenvalue weighted by molar-refractivity contribution is 7.80. The summed E-state index contributed by atoms with van der Waals surface area (Å²) < 4.78 is 19.1. The summed E-state index contributed by atoms with van der Waals surface area (Å²) >= 11 is 4.96. The van der Waals surface area contributed by atoms with Crippen molar-refractivity contribution in [3.05, 3.63) is 64.5 Å². The van der Waals surface area contributed by atoms with E-state index in [1.807, 2.05) is 6.07 Å². The lowest BCUT2D eigenvalue weighted by Crippen LogP contribution is -2.14. The van der Waals surface area contributed by atoms with Crippen LogP contribution in [-0.2, 0) is 19.4 Å². The SMILES string of the molecule is NC(=S)c1cc(F)ccc1COc1ccc2c(c1)CCC2. The molecule has 0 bridgehead atoms. The Hall–Kier alpha value is -1.94. The van der Waals surface area contributed by atoms with E-state index in [1.54, 1.807) is 6.07 Å². The van der Waals surface area contributed by atoms with Gasteiger partial charge in [-0.15, -0.1) is 0 Å². The van der Waals surface area contributed by atoms with Gasteiger partial charge in [0.05, 0.1) is 0 Å². The van der Waals surface area contributed by atoms with E-state index in [-0.39, 0.29) is 10.8 Å². The van der Waals surface area contributed by atoms with Gasteiger partial charge in [-0.1, -0.05) is 24.4 Å². The first-order chi connectivity index (χ1) is 10.1. The molecular weight excluding hydrogens is 285 g/mol. The molecule has 1 aliphatic rings. The number of hydrogen-bond donors (Lipinski definition) is 1. The molecule has 0 aliphatic heterocycles. The second kappa shape index (κ2) is 5.82. The Morgan fingerprint density at radius 3 is 2.76 bits per heavy atom. The lowest BCUT2D eigenvalue weighted by atomic mass is 10.1. The number of hydrogen-bond acceptors (Lipinski definition) is 2. The lowest BCUT2D eigenvalue weighted by molar-refractivity contribution is 0.305. The summed E-state index contributed by atoms with van der Waals surface area (Å²) in [5.41, 5.74) is 9.74. The molecule has 0 saturated heterocycles. The molecule has 0 spiro atoms. The minimum absolute atomic E-state index is 0.182. The van der Waals surface area contributed by atoms with Gasteiger partial charge in [-0.25, -0.2) is 4.39 Å². The van der Waals surface area contributed by atoms with Crippen LogP contribution >= 0.6 is 12.2 Å². The molecule has 0 amide bonds. The third-order valence-corrected chi connectivity index (χ3v) is 4.02. The summed E-state index contributed by atoms with van der Waals surface area (Å²) in [5.74, 6) is 0.480. The minimum atomic E-state index is -0.348. The summed E-state index contributed by atoms with van der Waals surface area (Å²) in [7, 11) is 0. The molecule has 3 rings (SSSR count). The number of aryl methyl sites for hydroxylation is 2. The van der Waals surface area contributed by atoms with E-state index in [9.17, 15) is 4.39 Å². The monoisotopic (exact) mass is 301 g/mol. The van der Waals surface area contributed by atoms with E-state index < -0.39 is 0 Å². The molecule has 108 valence electrons. The Morgan fingerprint density at radius 2 is 1.95 bits per heavy atom. The maximum atomic E-state index is 13.3. The third-order valence-electron chi connectivity index (χ3n) is 3.80. The van der Waals surface area contributed by atoms with Gasteiger partial charge in [-0.2, -0.15) is 0 Å². The molecule has 21 heavy (non-hydrogen) atoms. The lowest BCUT2D eigenvalue weighted by Gasteiger charge is -2.11. The number of benzene rings is 2. The van der Waals surface area contributed by atoms with Gasteiger partial charge in [-0.05, 0) is 60.2 Å². The summed E-state index contributed by atoms with van der Waals surface area (Å²) in [6.45, 7) is 0.325. The fraction of sp³-hybridized carbons (Fsp3) is 0.235. The Balaban J connectivity index is 1.77. The van der Waals surface area contributed by atoms with Gasteiger partial charge >= 0.3 is 0 Å². The predicted molar refractivity (Wildman–Crippen MR) is 85.1 cm³/mol. The summed E-state index contributed by atoms with van der Waals surface area (Å²) in [5, 5.41) is 0. The van der Waals surface area contributed by atoms with Crippen molar-refractivity contribution in [3.63, 3.8) is 0 Å². The van der Waals surface area contributed by atoms with Crippen LogP contribution in [0.4, 0.5) is 4.39 Å². The second-order valence-electron chi connectivity index (χ2n) is 5.24. The standard InChI is InChI=1S/C17H16FNOS/c18-14-6-4-13(16(9-14)17(19)21)10-20-15-7-5-11-2-1-3-12(11)8-15/h4-9H,1-3,10H2,(H2,19,21). The average molecular weight is 301 g/mol. The van der Waals surface area contributed by atoms with Gasteiger partial charge in [0, 0.05) is 5.56 Å². The highest BCUT2D eigenvalue weighted by atomic mass is 32.1. The molecule has 0 unspecified atom stereocenters. The van der Waals surface area contributed by atoms with Gasteiger partial charge in [-0.3, -0.25) is 0 Å². The zero-order chi connectivity index (χ0) is 14.8. The molecule has 2 nitrogen and oxygen atoms in total. The average Bonchev–Trinajstić information content (AvgIpc) is 2.93. The van der Waals surface area contributed by atoms with Crippen LogP contribution in [0.1, 0.15) is 28.7 Å². The Morgan fingerprint density at radius 1 is 1.14 bits per heavy atom. The van der Waals surface area contributed by atoms with Crippen molar-refractivity contribution in [3.8, 4) is 5.75 Å². The van der Waals surface area contributed by atoms with Gasteiger partial charge in [0.25, 0.3) is 0 Å². The minimum Gasteiger partial charge on any atom is -0.489 e. The van der Waals surface area contributed by atoms with Gasteiger partial charge in [0.15, 0.2) is 0 Å². The maximum absolute atomic E-state index is 13.3. The van der Waals surface area contributed by atoms with E-state index in [2.05, 4.69) is 12.1 Å². The van der Waals surface area contributed by atoms with Gasteiger partial charge in [0.1, 0.15) is 23.2 Å². The predicted octanol–water partition coefficient (Wildman–Crippen LogP) is 3.53. The molecule has 0 atom stereocenters. The molecule has 4 heteroatoms. The highest BCUT2D eigenvalue weighted by Gasteiger charge is 2.12. The molecule has 0 aromatic heterocycles. The number of thiocarbonyl (C=S) groups is 1. The number of halogens is 1. The topological polar surface area (TPSA) is 35.2 Å². The van der Waals surface area contributed by atoms with Crippen molar-refractivity contribution in [1.82, 2.24) is 0 Å². The van der Waals surface area contributed by atoms with Crippen molar-refractivity contribution in [1.29, 1.82) is 0 Å². The third kappa shape index (κ3) is 3.05. The van der Waals surface area contributed by atoms with E-state index in [0.29, 0.717) is 12.2 Å². The van der Waals surface area contributed by atoms with Crippen molar-refractivity contribution in [2.45, 2.75) is 25.9 Å². The van der Waals surface area contributed by atoms with E-state index in [0.717, 1.165) is 24.2 Å². The fourth-order valence-electron chi connectivity index (χ4n) is 2.70. The van der Waals surface area contributed by atoms with Crippen LogP contribution in [0.5, 0.6) is 5.75 Å². The van der Waals surface area contributed by atoms with E-state index in [4.69, 9.17) is 22.7 Å². The quantitative estimate of drug-likeness (QED) is 0.878. The Kier molecular flexibility index (Phi) is 3.88. The van der Waals surface area contributed by atoms with Crippen molar-refractivity contribution >= 4 is 17.2 Å². The summed E-state index contributed by atoms with van der Waals surface area (Å²) in [6.07, 6.45) is 3.47. The molecule has 0 fully saturated rings. The molecule has 0 heterocycles. The van der Waals surface area contributed by atoms with Crippen LogP contribution in [0.2, 0.25) is 0 Å². The summed E-state index contributed by atoms with van der Waals surface area (Å²) in [4.78, 5) is 0.182. The number of ether oxygens (including phenoxy) is 1. The van der Waals surface area contributed by atoms with Crippen LogP contribution < -0.4 is 10.5 Å². The number of nitrogens with two attached hydrogens (primary N) is 1. The van der Waals surface area contributed by atoms with E-state index in [1.165, 1.54) is 29.7 Å². The van der Waals surface area contributed by atoms with Crippen molar-refractivity contribution in [2.75, 3.05) is 0 Å². The zero-order valence-corrected chi connectivity index (χ0v) is 12.4. The van der Waals surface area contributed by atoms with Crippen molar-refractivity contribution < 1.29 is 9.13 Å². The normalized spacial score (nSPS) is 13.0. The van der Waals surface area contributed by atoms with E-state index >= 15 is 0 Å². The number of fused-ring (bicyclic) bond motifs is 1. The fourth-order valence-corrected chi connectivity index (χ4v) is 2.89. The van der Waals surface area contributed by atoms with Gasteiger partial charge < -0.3 is 10.5 Å². The molecule has 0 radical (unpaired) electrons. The molecule has 2 aromatic rings. The molecule has 2 N–H and O–H groups in total. The number of rotatable bonds is 4. The first-order valence-corrected chi connectivity index (χ1v) is 7.37. The van der Waals surface area contributed by atoms with Gasteiger partial charge in [0.2, 0.25) is 0 Å². The summed E-state index contributed by atoms with van der Waals surface area (Å²) in [6, 6.07) is 10.6. The molecule has 2 aromatic carbocycles. The highest BCUT2D eigenvalue weighted by Crippen LogP contribution is 2.26. The van der Waals surface area contributed by atoms with Crippen LogP contribution in [0, 0.1) is 5.82 Å². The van der Waals surface area contributed by atoms with Crippen LogP contribution in [-0.4, -0.2) is 4.99 Å². The molecular formula is C17H16FNOS. The first kappa shape index (κ1) is 14.0. The zero-order valence-electron chi connectivity index (χ0n) is 11.6. The smallest absolute Gasteiger partial charge is 0.123 e. The molecule has 0 saturated carbocycles. The maximum Gasteiger partial charge on any atom is 0.123 e. The Bertz CT molecular complexity index is 699. The molecule has 1 aliphatic carbocycles. The van der Waals surface area contributed by atoms with Crippen LogP contribution in [0.25, 0.3) is 0 Å². The van der Waals surface area contributed by atoms with Crippen LogP contribution in [0.15, 0.2) is 36.4 Å². The van der Waals surface area contributed by atoms with Crippen LogP contribution in [0.3, 0.4) is 0 Å². The largest absolute Gasteiger partial charge is 0.489 e. The Labute approximate surface area is 128 Å². The van der Waals surface area contributed by atoms with Crippen molar-refractivity contribution in [2.24, 2.45) is 5.73 Å². The first-order valence-electron chi connectivity index (χ1n) is 6.96.